The van der Waals surface area contributed by atoms with Crippen molar-refractivity contribution in [2.45, 2.75) is 45.6 Å². The quantitative estimate of drug-likeness (QED) is 0.570. The summed E-state index contributed by atoms with van der Waals surface area (Å²) in [6.07, 6.45) is 4.17. The first-order chi connectivity index (χ1) is 17.5. The smallest absolute Gasteiger partial charge is 0.227 e. The van der Waals surface area contributed by atoms with E-state index in [1.54, 1.807) is 6.07 Å². The Hall–Kier alpha value is -3.24. The minimum absolute atomic E-state index is 0.138. The Bertz CT molecular complexity index is 1150. The summed E-state index contributed by atoms with van der Waals surface area (Å²) in [5.41, 5.74) is 4.79. The van der Waals surface area contributed by atoms with Gasteiger partial charge in [-0.15, -0.1) is 0 Å². The highest BCUT2D eigenvalue weighted by Gasteiger charge is 2.32. The Balaban J connectivity index is 1.41. The molecular formula is C29H34F2N4O. The second-order valence-corrected chi connectivity index (χ2v) is 9.69. The van der Waals surface area contributed by atoms with Crippen LogP contribution in [0.5, 0.6) is 0 Å². The zero-order valence-corrected chi connectivity index (χ0v) is 20.9. The van der Waals surface area contributed by atoms with Crippen LogP contribution in [0.1, 0.15) is 49.3 Å². The molecule has 7 heteroatoms. The van der Waals surface area contributed by atoms with Gasteiger partial charge in [0, 0.05) is 50.5 Å². The summed E-state index contributed by atoms with van der Waals surface area (Å²) < 4.78 is 27.6. The number of carbonyl (C=O) groups is 1. The van der Waals surface area contributed by atoms with Crippen LogP contribution in [0, 0.1) is 28.9 Å². The standard InChI is InChI=1S/C29H34F2N4O/c1-2-3-10-27-25(22-7-4-6-21(17-22)11-12-32)18-24(19-33-27)29(36)35-15-13-34(14-16-35)20-23-8-5-9-26(30)28(23)31/h4-9,17,24,33H,2-3,10-11,13-16,18-20H2,1H3. The van der Waals surface area contributed by atoms with Crippen molar-refractivity contribution in [1.82, 2.24) is 15.1 Å². The normalized spacial score (nSPS) is 18.6. The van der Waals surface area contributed by atoms with Crippen LogP contribution in [-0.4, -0.2) is 48.4 Å². The lowest BCUT2D eigenvalue weighted by atomic mass is 9.86. The molecule has 1 unspecified atom stereocenters. The average Bonchev–Trinajstić information content (AvgIpc) is 2.90. The summed E-state index contributed by atoms with van der Waals surface area (Å²) in [4.78, 5) is 17.4. The van der Waals surface area contributed by atoms with Gasteiger partial charge in [-0.05, 0) is 42.0 Å². The number of unbranched alkanes of at least 4 members (excludes halogenated alkanes) is 1. The van der Waals surface area contributed by atoms with Crippen LogP contribution in [0.15, 0.2) is 48.2 Å². The van der Waals surface area contributed by atoms with Crippen molar-refractivity contribution in [3.8, 4) is 6.07 Å². The summed E-state index contributed by atoms with van der Waals surface area (Å²) in [6, 6.07) is 14.6. The largest absolute Gasteiger partial charge is 0.387 e. The fraction of sp³-hybridized carbons (Fsp3) is 0.448. The van der Waals surface area contributed by atoms with Crippen molar-refractivity contribution in [3.05, 3.63) is 76.5 Å². The number of carbonyl (C=O) groups excluding carboxylic acids is 1. The van der Waals surface area contributed by atoms with Gasteiger partial charge in [-0.25, -0.2) is 8.78 Å². The SMILES string of the molecule is CCCCC1=C(c2cccc(CC#N)c2)CC(C(=O)N2CCN(Cc3cccc(F)c3F)CC2)CN1. The Kier molecular flexibility index (Phi) is 8.71. The van der Waals surface area contributed by atoms with Gasteiger partial charge in [-0.2, -0.15) is 5.26 Å². The van der Waals surface area contributed by atoms with Gasteiger partial charge < -0.3 is 10.2 Å². The van der Waals surface area contributed by atoms with Crippen LogP contribution >= 0.6 is 0 Å². The molecule has 0 spiro atoms. The first-order valence-electron chi connectivity index (χ1n) is 12.9. The van der Waals surface area contributed by atoms with Gasteiger partial charge in [0.1, 0.15) is 0 Å². The molecule has 2 aliphatic rings. The van der Waals surface area contributed by atoms with Crippen molar-refractivity contribution in [3.63, 3.8) is 0 Å². The van der Waals surface area contributed by atoms with Gasteiger partial charge in [-0.3, -0.25) is 9.69 Å². The fourth-order valence-electron chi connectivity index (χ4n) is 5.11. The molecule has 5 nitrogen and oxygen atoms in total. The van der Waals surface area contributed by atoms with E-state index in [2.05, 4.69) is 35.3 Å². The minimum atomic E-state index is -0.827. The third kappa shape index (κ3) is 6.11. The summed E-state index contributed by atoms with van der Waals surface area (Å²) in [5, 5.41) is 12.7. The number of rotatable bonds is 8. The maximum atomic E-state index is 14.1. The number of benzene rings is 2. The van der Waals surface area contributed by atoms with E-state index in [1.165, 1.54) is 17.3 Å². The number of hydrogen-bond donors (Lipinski definition) is 1. The lowest BCUT2D eigenvalue weighted by molar-refractivity contribution is -0.137. The number of nitrogens with zero attached hydrogens (tertiary/aromatic N) is 3. The third-order valence-electron chi connectivity index (χ3n) is 7.17. The molecule has 2 aromatic carbocycles. The molecule has 0 bridgehead atoms. The zero-order valence-electron chi connectivity index (χ0n) is 20.9. The minimum Gasteiger partial charge on any atom is -0.387 e. The van der Waals surface area contributed by atoms with E-state index in [-0.39, 0.29) is 11.8 Å². The monoisotopic (exact) mass is 492 g/mol. The summed E-state index contributed by atoms with van der Waals surface area (Å²) in [5.74, 6) is -1.63. The highest BCUT2D eigenvalue weighted by Crippen LogP contribution is 2.32. The van der Waals surface area contributed by atoms with Crippen LogP contribution in [0.2, 0.25) is 0 Å². The van der Waals surface area contributed by atoms with E-state index in [0.29, 0.717) is 57.7 Å². The summed E-state index contributed by atoms with van der Waals surface area (Å²) in [6.45, 7) is 5.53. The van der Waals surface area contributed by atoms with Crippen LogP contribution in [0.25, 0.3) is 5.57 Å². The molecule has 36 heavy (non-hydrogen) atoms. The number of halogens is 2. The van der Waals surface area contributed by atoms with Crippen molar-refractivity contribution >= 4 is 11.5 Å². The van der Waals surface area contributed by atoms with Gasteiger partial charge in [0.25, 0.3) is 0 Å². The molecule has 1 N–H and O–H groups in total. The zero-order chi connectivity index (χ0) is 25.5. The molecular weight excluding hydrogens is 458 g/mol. The van der Waals surface area contributed by atoms with Gasteiger partial charge in [0.2, 0.25) is 5.91 Å². The number of hydrogen-bond acceptors (Lipinski definition) is 4. The summed E-state index contributed by atoms with van der Waals surface area (Å²) >= 11 is 0. The molecule has 1 saturated heterocycles. The number of amides is 1. The van der Waals surface area contributed by atoms with E-state index < -0.39 is 11.6 Å². The highest BCUT2D eigenvalue weighted by atomic mass is 19.2. The molecule has 2 aliphatic heterocycles. The number of nitrogens with one attached hydrogen (secondary N) is 1. The Morgan fingerprint density at radius 2 is 1.92 bits per heavy atom. The van der Waals surface area contributed by atoms with Crippen LogP contribution < -0.4 is 5.32 Å². The maximum Gasteiger partial charge on any atom is 0.227 e. The van der Waals surface area contributed by atoms with Gasteiger partial charge >= 0.3 is 0 Å². The van der Waals surface area contributed by atoms with E-state index >= 15 is 0 Å². The van der Waals surface area contributed by atoms with Crippen LogP contribution in [0.4, 0.5) is 8.78 Å². The first-order valence-corrected chi connectivity index (χ1v) is 12.9. The molecule has 2 aromatic rings. The first kappa shape index (κ1) is 25.8. The Morgan fingerprint density at radius 3 is 2.67 bits per heavy atom. The topological polar surface area (TPSA) is 59.4 Å². The molecule has 1 atom stereocenters. The molecule has 4 rings (SSSR count). The second kappa shape index (κ2) is 12.1. The molecule has 1 fully saturated rings. The van der Waals surface area contributed by atoms with Gasteiger partial charge in [0.05, 0.1) is 18.4 Å². The molecule has 190 valence electrons. The van der Waals surface area contributed by atoms with Crippen molar-refractivity contribution < 1.29 is 13.6 Å². The van der Waals surface area contributed by atoms with Crippen LogP contribution in [-0.2, 0) is 17.8 Å². The summed E-state index contributed by atoms with van der Waals surface area (Å²) in [7, 11) is 0. The fourth-order valence-corrected chi connectivity index (χ4v) is 5.11. The van der Waals surface area contributed by atoms with E-state index in [9.17, 15) is 13.6 Å². The van der Waals surface area contributed by atoms with Crippen LogP contribution in [0.3, 0.4) is 0 Å². The van der Waals surface area contributed by atoms with Crippen molar-refractivity contribution in [2.75, 3.05) is 32.7 Å². The predicted molar refractivity (Wildman–Crippen MR) is 137 cm³/mol. The second-order valence-electron chi connectivity index (χ2n) is 9.69. The molecule has 2 heterocycles. The van der Waals surface area contributed by atoms with E-state index in [4.69, 9.17) is 5.26 Å². The van der Waals surface area contributed by atoms with Gasteiger partial charge in [0.15, 0.2) is 11.6 Å². The maximum absolute atomic E-state index is 14.1. The molecule has 0 radical (unpaired) electrons. The number of nitriles is 1. The molecule has 0 aliphatic carbocycles. The highest BCUT2D eigenvalue weighted by molar-refractivity contribution is 5.83. The number of allylic oxidation sites excluding steroid dienone is 2. The molecule has 0 aromatic heterocycles. The van der Waals surface area contributed by atoms with Crippen molar-refractivity contribution in [1.29, 1.82) is 5.26 Å². The Labute approximate surface area is 212 Å². The van der Waals surface area contributed by atoms with E-state index in [0.717, 1.165) is 36.5 Å². The van der Waals surface area contributed by atoms with E-state index in [1.807, 2.05) is 17.0 Å². The third-order valence-corrected chi connectivity index (χ3v) is 7.17. The molecule has 1 amide bonds. The lowest BCUT2D eigenvalue weighted by Gasteiger charge is -2.38. The van der Waals surface area contributed by atoms with Gasteiger partial charge in [-0.1, -0.05) is 49.7 Å². The number of piperazine rings is 1. The average molecular weight is 493 g/mol. The molecule has 0 saturated carbocycles. The Morgan fingerprint density at radius 1 is 1.14 bits per heavy atom. The lowest BCUT2D eigenvalue weighted by Crippen LogP contribution is -2.51. The predicted octanol–water partition coefficient (Wildman–Crippen LogP) is 4.89. The van der Waals surface area contributed by atoms with Crippen molar-refractivity contribution in [2.24, 2.45) is 5.92 Å².